The Labute approximate surface area is 89.3 Å². The molecule has 0 amide bonds. The Morgan fingerprint density at radius 2 is 2.20 bits per heavy atom. The Morgan fingerprint density at radius 1 is 1.40 bits per heavy atom. The van der Waals surface area contributed by atoms with E-state index < -0.39 is 0 Å². The third kappa shape index (κ3) is 1.61. The van der Waals surface area contributed by atoms with Crippen LogP contribution in [-0.4, -0.2) is 12.0 Å². The van der Waals surface area contributed by atoms with Crippen LogP contribution in [0.3, 0.4) is 0 Å². The summed E-state index contributed by atoms with van der Waals surface area (Å²) >= 11 is 0. The number of fused-ring (bicyclic) bond motifs is 1. The van der Waals surface area contributed by atoms with Crippen LogP contribution in [0.5, 0.6) is 0 Å². The number of nitrogen functional groups attached to an aromatic ring is 1. The summed E-state index contributed by atoms with van der Waals surface area (Å²) in [5, 5.41) is 4.22. The minimum Gasteiger partial charge on any atom is -0.396 e. The van der Waals surface area contributed by atoms with Crippen molar-refractivity contribution in [2.75, 3.05) is 18.1 Å². The number of pyridine rings is 1. The summed E-state index contributed by atoms with van der Waals surface area (Å²) in [6.45, 7) is 2.14. The van der Waals surface area contributed by atoms with E-state index in [1.54, 1.807) is 6.20 Å². The zero-order valence-corrected chi connectivity index (χ0v) is 9.04. The second-order valence-corrected chi connectivity index (χ2v) is 3.54. The molecule has 0 bridgehead atoms. The van der Waals surface area contributed by atoms with Crippen LogP contribution < -0.4 is 11.1 Å². The fraction of sp³-hybridized carbons (Fsp3) is 0.250. The molecule has 78 valence electrons. The van der Waals surface area contributed by atoms with Gasteiger partial charge in [0.2, 0.25) is 0 Å². The van der Waals surface area contributed by atoms with Gasteiger partial charge in [0.05, 0.1) is 23.1 Å². The number of aryl methyl sites for hydroxylation is 1. The van der Waals surface area contributed by atoms with E-state index in [0.29, 0.717) is 5.69 Å². The number of rotatable bonds is 2. The Balaban J connectivity index is 2.76. The van der Waals surface area contributed by atoms with Crippen LogP contribution >= 0.6 is 0 Å². The summed E-state index contributed by atoms with van der Waals surface area (Å²) in [7, 11) is 1.88. The predicted molar refractivity (Wildman–Crippen MR) is 65.1 cm³/mol. The molecule has 0 spiro atoms. The van der Waals surface area contributed by atoms with Crippen molar-refractivity contribution in [3.63, 3.8) is 0 Å². The smallest absolute Gasteiger partial charge is 0.0742 e. The van der Waals surface area contributed by atoms with Crippen molar-refractivity contribution in [2.24, 2.45) is 0 Å². The molecule has 1 aromatic carbocycles. The van der Waals surface area contributed by atoms with Crippen molar-refractivity contribution in [3.8, 4) is 0 Å². The van der Waals surface area contributed by atoms with Gasteiger partial charge in [-0.25, -0.2) is 0 Å². The maximum Gasteiger partial charge on any atom is 0.0742 e. The number of nitrogens with one attached hydrogen (secondary N) is 1. The monoisotopic (exact) mass is 201 g/mol. The van der Waals surface area contributed by atoms with Crippen molar-refractivity contribution in [3.05, 3.63) is 30.0 Å². The second-order valence-electron chi connectivity index (χ2n) is 3.54. The standard InChI is InChI=1S/C12H15N3/c1-3-8-4-5-11-9(6-8)12(14-2)10(13)7-15-11/h4-7H,3,13H2,1-2H3,(H,14,15). The van der Waals surface area contributed by atoms with Gasteiger partial charge in [0.15, 0.2) is 0 Å². The fourth-order valence-corrected chi connectivity index (χ4v) is 1.75. The highest BCUT2D eigenvalue weighted by Gasteiger charge is 2.05. The van der Waals surface area contributed by atoms with Gasteiger partial charge >= 0.3 is 0 Å². The van der Waals surface area contributed by atoms with Gasteiger partial charge in [-0.3, -0.25) is 4.98 Å². The highest BCUT2D eigenvalue weighted by Crippen LogP contribution is 2.28. The molecule has 3 N–H and O–H groups in total. The quantitative estimate of drug-likeness (QED) is 0.784. The molecule has 0 radical (unpaired) electrons. The molecule has 0 saturated heterocycles. The third-order valence-corrected chi connectivity index (χ3v) is 2.62. The molecule has 3 heteroatoms. The zero-order chi connectivity index (χ0) is 10.8. The van der Waals surface area contributed by atoms with Crippen LogP contribution in [0.2, 0.25) is 0 Å². The molecule has 0 aliphatic heterocycles. The maximum absolute atomic E-state index is 5.86. The van der Waals surface area contributed by atoms with E-state index in [0.717, 1.165) is 23.0 Å². The minimum atomic E-state index is 0.693. The average molecular weight is 201 g/mol. The number of nitrogens with zero attached hydrogens (tertiary/aromatic N) is 1. The van der Waals surface area contributed by atoms with Gasteiger partial charge in [0.1, 0.15) is 0 Å². The molecule has 0 aliphatic carbocycles. The molecule has 3 nitrogen and oxygen atoms in total. The molecule has 0 saturated carbocycles. The maximum atomic E-state index is 5.86. The summed E-state index contributed by atoms with van der Waals surface area (Å²) in [5.74, 6) is 0. The fourth-order valence-electron chi connectivity index (χ4n) is 1.75. The van der Waals surface area contributed by atoms with Gasteiger partial charge < -0.3 is 11.1 Å². The number of anilines is 2. The first-order chi connectivity index (χ1) is 7.26. The summed E-state index contributed by atoms with van der Waals surface area (Å²) in [6, 6.07) is 6.28. The Bertz CT molecular complexity index is 491. The van der Waals surface area contributed by atoms with E-state index in [2.05, 4.69) is 29.4 Å². The first-order valence-corrected chi connectivity index (χ1v) is 5.11. The first-order valence-electron chi connectivity index (χ1n) is 5.11. The number of hydrogen-bond acceptors (Lipinski definition) is 3. The third-order valence-electron chi connectivity index (χ3n) is 2.62. The largest absolute Gasteiger partial charge is 0.396 e. The van der Waals surface area contributed by atoms with E-state index in [4.69, 9.17) is 5.73 Å². The van der Waals surface area contributed by atoms with Gasteiger partial charge in [-0.1, -0.05) is 13.0 Å². The molecular formula is C12H15N3. The van der Waals surface area contributed by atoms with E-state index >= 15 is 0 Å². The van der Waals surface area contributed by atoms with Crippen molar-refractivity contribution < 1.29 is 0 Å². The van der Waals surface area contributed by atoms with E-state index in [1.165, 1.54) is 5.56 Å². The van der Waals surface area contributed by atoms with Crippen LogP contribution in [0, 0.1) is 0 Å². The van der Waals surface area contributed by atoms with Gasteiger partial charge in [-0.2, -0.15) is 0 Å². The van der Waals surface area contributed by atoms with Gasteiger partial charge in [0, 0.05) is 12.4 Å². The molecule has 0 unspecified atom stereocenters. The SMILES string of the molecule is CCc1ccc2ncc(N)c(NC)c2c1. The lowest BCUT2D eigenvalue weighted by atomic mass is 10.1. The molecule has 2 aromatic rings. The highest BCUT2D eigenvalue weighted by atomic mass is 14.9. The average Bonchev–Trinajstić information content (AvgIpc) is 2.28. The van der Waals surface area contributed by atoms with E-state index in [-0.39, 0.29) is 0 Å². The van der Waals surface area contributed by atoms with Crippen LogP contribution in [0.25, 0.3) is 10.9 Å². The topological polar surface area (TPSA) is 50.9 Å². The van der Waals surface area contributed by atoms with Crippen molar-refractivity contribution in [1.29, 1.82) is 0 Å². The lowest BCUT2D eigenvalue weighted by Gasteiger charge is -2.09. The molecule has 15 heavy (non-hydrogen) atoms. The van der Waals surface area contributed by atoms with Crippen LogP contribution in [0.15, 0.2) is 24.4 Å². The molecule has 0 fully saturated rings. The summed E-state index contributed by atoms with van der Waals surface area (Å²) in [6.07, 6.45) is 2.72. The number of benzene rings is 1. The molecule has 2 rings (SSSR count). The molecule has 0 atom stereocenters. The van der Waals surface area contributed by atoms with Crippen molar-refractivity contribution >= 4 is 22.3 Å². The van der Waals surface area contributed by atoms with Crippen molar-refractivity contribution in [1.82, 2.24) is 4.98 Å². The van der Waals surface area contributed by atoms with Gasteiger partial charge in [-0.15, -0.1) is 0 Å². The second kappa shape index (κ2) is 3.77. The Morgan fingerprint density at radius 3 is 2.87 bits per heavy atom. The van der Waals surface area contributed by atoms with Gasteiger partial charge in [0.25, 0.3) is 0 Å². The molecule has 1 aromatic heterocycles. The molecule has 1 heterocycles. The lowest BCUT2D eigenvalue weighted by molar-refractivity contribution is 1.14. The van der Waals surface area contributed by atoms with Crippen LogP contribution in [-0.2, 0) is 6.42 Å². The normalized spacial score (nSPS) is 10.5. The summed E-state index contributed by atoms with van der Waals surface area (Å²) in [4.78, 5) is 4.30. The highest BCUT2D eigenvalue weighted by molar-refractivity contribution is 5.97. The molecule has 0 aliphatic rings. The van der Waals surface area contributed by atoms with Crippen molar-refractivity contribution in [2.45, 2.75) is 13.3 Å². The Kier molecular flexibility index (Phi) is 2.46. The van der Waals surface area contributed by atoms with E-state index in [9.17, 15) is 0 Å². The lowest BCUT2D eigenvalue weighted by Crippen LogP contribution is -1.98. The van der Waals surface area contributed by atoms with Gasteiger partial charge in [-0.05, 0) is 24.1 Å². The number of nitrogens with two attached hydrogens (primary N) is 1. The van der Waals surface area contributed by atoms with Crippen LogP contribution in [0.4, 0.5) is 11.4 Å². The number of hydrogen-bond donors (Lipinski definition) is 2. The minimum absolute atomic E-state index is 0.693. The molecular weight excluding hydrogens is 186 g/mol. The van der Waals surface area contributed by atoms with E-state index in [1.807, 2.05) is 13.1 Å². The summed E-state index contributed by atoms with van der Waals surface area (Å²) < 4.78 is 0. The first kappa shape index (κ1) is 9.77. The zero-order valence-electron chi connectivity index (χ0n) is 9.04. The Hall–Kier alpha value is -1.77. The summed E-state index contributed by atoms with van der Waals surface area (Å²) in [5.41, 5.74) is 9.80. The van der Waals surface area contributed by atoms with Crippen LogP contribution in [0.1, 0.15) is 12.5 Å². The predicted octanol–water partition coefficient (Wildman–Crippen LogP) is 2.42. The number of aromatic nitrogens is 1.